The zero-order valence-corrected chi connectivity index (χ0v) is 20.6. The molecule has 3 aromatic carbocycles. The number of hydrogen-bond donors (Lipinski definition) is 1. The molecule has 3 aliphatic heterocycles. The van der Waals surface area contributed by atoms with Crippen LogP contribution in [-0.2, 0) is 9.53 Å². The number of methoxy groups -OCH3 is 1. The van der Waals surface area contributed by atoms with Crippen LogP contribution in [0.3, 0.4) is 0 Å². The van der Waals surface area contributed by atoms with Crippen molar-refractivity contribution >= 4 is 17.4 Å². The van der Waals surface area contributed by atoms with Gasteiger partial charge in [-0.2, -0.15) is 0 Å². The van der Waals surface area contributed by atoms with Gasteiger partial charge in [-0.05, 0) is 17.7 Å². The molecule has 0 aliphatic carbocycles. The van der Waals surface area contributed by atoms with Gasteiger partial charge in [0.05, 0.1) is 20.2 Å². The van der Waals surface area contributed by atoms with Gasteiger partial charge in [-0.3, -0.25) is 4.79 Å². The quantitative estimate of drug-likeness (QED) is 0.266. The van der Waals surface area contributed by atoms with Crippen LogP contribution in [0.4, 0.5) is 5.69 Å². The molecule has 1 unspecified atom stereocenters. The van der Waals surface area contributed by atoms with Gasteiger partial charge in [0.15, 0.2) is 12.1 Å². The first-order chi connectivity index (χ1) is 17.5. The van der Waals surface area contributed by atoms with E-state index in [1.165, 1.54) is 0 Å². The van der Waals surface area contributed by atoms with Crippen LogP contribution in [0.1, 0.15) is 34.8 Å². The van der Waals surface area contributed by atoms with Crippen LogP contribution >= 0.6 is 0 Å². The average Bonchev–Trinajstić information content (AvgIpc) is 2.93. The van der Waals surface area contributed by atoms with Crippen molar-refractivity contribution < 1.29 is 23.5 Å². The highest BCUT2D eigenvalue weighted by molar-refractivity contribution is 5.97. The maximum atomic E-state index is 13.6. The Morgan fingerprint density at radius 3 is 2.33 bits per heavy atom. The molecule has 0 radical (unpaired) electrons. The Morgan fingerprint density at radius 1 is 0.944 bits per heavy atom. The number of ketones is 1. The number of carbonyl (C=O) groups is 2. The number of rotatable bonds is 9. The van der Waals surface area contributed by atoms with Gasteiger partial charge in [-0.15, -0.1) is 0 Å². The van der Waals surface area contributed by atoms with Gasteiger partial charge in [0.25, 0.3) is 0 Å². The van der Waals surface area contributed by atoms with E-state index in [1.807, 2.05) is 84.9 Å². The summed E-state index contributed by atoms with van der Waals surface area (Å²) in [5.74, 6) is 0.916. The molecule has 0 aromatic heterocycles. The molecule has 0 amide bonds. The van der Waals surface area contributed by atoms with E-state index in [2.05, 4.69) is 5.32 Å². The van der Waals surface area contributed by atoms with Crippen molar-refractivity contribution in [3.8, 4) is 5.75 Å². The second-order valence-electron chi connectivity index (χ2n) is 9.95. The summed E-state index contributed by atoms with van der Waals surface area (Å²) in [5.41, 5.74) is 2.37. The molecular weight excluding hydrogens is 452 g/mol. The summed E-state index contributed by atoms with van der Waals surface area (Å²) in [6.45, 7) is 3.06. The topological polar surface area (TPSA) is 64.6 Å². The number of anilines is 1. The fourth-order valence-electron chi connectivity index (χ4n) is 5.62. The van der Waals surface area contributed by atoms with E-state index in [9.17, 15) is 9.59 Å². The summed E-state index contributed by atoms with van der Waals surface area (Å²) in [4.78, 5) is 26.6. The number of ether oxygens (including phenoxy) is 2. The summed E-state index contributed by atoms with van der Waals surface area (Å²) < 4.78 is 12.3. The molecule has 186 valence electrons. The van der Waals surface area contributed by atoms with Gasteiger partial charge in [-0.25, -0.2) is 4.79 Å². The lowest BCUT2D eigenvalue weighted by molar-refractivity contribution is -0.938. The number of Topliss-reactive ketones (excluding diaryl/α,β-unsaturated/α-hetero) is 1. The Kier molecular flexibility index (Phi) is 7.05. The fraction of sp³-hybridized carbons (Fsp3) is 0.333. The number of fused-ring (bicyclic) bond motifs is 3. The molecule has 6 nitrogen and oxygen atoms in total. The van der Waals surface area contributed by atoms with E-state index >= 15 is 0 Å². The van der Waals surface area contributed by atoms with Gasteiger partial charge in [0.1, 0.15) is 18.8 Å². The molecule has 2 atom stereocenters. The number of benzene rings is 3. The fourth-order valence-corrected chi connectivity index (χ4v) is 5.62. The van der Waals surface area contributed by atoms with Gasteiger partial charge >= 0.3 is 5.97 Å². The summed E-state index contributed by atoms with van der Waals surface area (Å²) in [6.07, 6.45) is 1.75. The molecule has 1 N–H and O–H groups in total. The second-order valence-corrected chi connectivity index (χ2v) is 9.95. The number of esters is 1. The van der Waals surface area contributed by atoms with Crippen molar-refractivity contribution in [2.45, 2.75) is 25.0 Å². The Labute approximate surface area is 212 Å². The van der Waals surface area contributed by atoms with Crippen molar-refractivity contribution in [2.75, 3.05) is 38.6 Å². The normalized spacial score (nSPS) is 23.5. The standard InChI is InChI=1S/C30H33N2O4/c1-35-26-14-8-13-25(19-26)31-29(24-11-6-3-7-12-24)30(34)36-28-21-32(17-15-23(28)16-18-32)20-27(33)22-9-4-2-5-10-22/h2-14,19,23,28-29,31H,15-18,20-21H2,1H3/q+1/t23?,28-,29?,32?/m0/s1. The van der Waals surface area contributed by atoms with E-state index in [4.69, 9.17) is 9.47 Å². The molecule has 3 aliphatic rings. The van der Waals surface area contributed by atoms with Gasteiger partial charge in [0, 0.05) is 36.1 Å². The lowest BCUT2D eigenvalue weighted by atomic mass is 9.82. The molecule has 3 heterocycles. The van der Waals surface area contributed by atoms with Crippen LogP contribution in [-0.4, -0.2) is 55.6 Å². The molecule has 3 saturated heterocycles. The van der Waals surface area contributed by atoms with Crippen LogP contribution < -0.4 is 10.1 Å². The Balaban J connectivity index is 1.32. The maximum Gasteiger partial charge on any atom is 0.333 e. The van der Waals surface area contributed by atoms with Crippen LogP contribution in [0, 0.1) is 5.92 Å². The summed E-state index contributed by atoms with van der Waals surface area (Å²) >= 11 is 0. The van der Waals surface area contributed by atoms with E-state index in [1.54, 1.807) is 7.11 Å². The Hall–Kier alpha value is -3.64. The molecular formula is C30H33N2O4+. The molecule has 6 rings (SSSR count). The highest BCUT2D eigenvalue weighted by atomic mass is 16.5. The number of quaternary nitrogens is 1. The van der Waals surface area contributed by atoms with E-state index in [0.29, 0.717) is 29.2 Å². The highest BCUT2D eigenvalue weighted by Crippen LogP contribution is 2.37. The van der Waals surface area contributed by atoms with Gasteiger partial charge < -0.3 is 19.3 Å². The minimum absolute atomic E-state index is 0.155. The van der Waals surface area contributed by atoms with Crippen molar-refractivity contribution in [1.29, 1.82) is 0 Å². The third-order valence-corrected chi connectivity index (χ3v) is 7.63. The van der Waals surface area contributed by atoms with E-state index in [0.717, 1.165) is 42.7 Å². The number of hydrogen-bond acceptors (Lipinski definition) is 5. The first-order valence-electron chi connectivity index (χ1n) is 12.6. The average molecular weight is 486 g/mol. The number of nitrogens with one attached hydrogen (secondary N) is 1. The van der Waals surface area contributed by atoms with E-state index < -0.39 is 6.04 Å². The van der Waals surface area contributed by atoms with Crippen LogP contribution in [0.5, 0.6) is 5.75 Å². The third-order valence-electron chi connectivity index (χ3n) is 7.63. The lowest BCUT2D eigenvalue weighted by Gasteiger charge is -2.51. The molecule has 3 aromatic rings. The minimum Gasteiger partial charge on any atom is -0.497 e. The Morgan fingerprint density at radius 2 is 1.64 bits per heavy atom. The molecule has 2 bridgehead atoms. The van der Waals surface area contributed by atoms with Crippen molar-refractivity contribution in [3.05, 3.63) is 96.1 Å². The van der Waals surface area contributed by atoms with Crippen LogP contribution in [0.2, 0.25) is 0 Å². The molecule has 6 heteroatoms. The number of nitrogens with zero attached hydrogens (tertiary/aromatic N) is 1. The summed E-state index contributed by atoms with van der Waals surface area (Å²) in [6, 6.07) is 26.0. The first kappa shape index (κ1) is 24.1. The van der Waals surface area contributed by atoms with Crippen molar-refractivity contribution in [1.82, 2.24) is 0 Å². The van der Waals surface area contributed by atoms with Crippen molar-refractivity contribution in [2.24, 2.45) is 5.92 Å². The van der Waals surface area contributed by atoms with Gasteiger partial charge in [-0.1, -0.05) is 66.7 Å². The maximum absolute atomic E-state index is 13.6. The lowest BCUT2D eigenvalue weighted by Crippen LogP contribution is -2.65. The predicted octanol–water partition coefficient (Wildman–Crippen LogP) is 4.88. The summed E-state index contributed by atoms with van der Waals surface area (Å²) in [7, 11) is 1.62. The van der Waals surface area contributed by atoms with Gasteiger partial charge in [0.2, 0.25) is 5.78 Å². The second kappa shape index (κ2) is 10.5. The predicted molar refractivity (Wildman–Crippen MR) is 139 cm³/mol. The molecule has 0 spiro atoms. The first-order valence-corrected chi connectivity index (χ1v) is 12.6. The largest absolute Gasteiger partial charge is 0.497 e. The minimum atomic E-state index is -0.645. The Bertz CT molecular complexity index is 1190. The highest BCUT2D eigenvalue weighted by Gasteiger charge is 2.49. The summed E-state index contributed by atoms with van der Waals surface area (Å²) in [5, 5.41) is 3.35. The smallest absolute Gasteiger partial charge is 0.333 e. The monoisotopic (exact) mass is 485 g/mol. The zero-order chi connectivity index (χ0) is 25.0. The van der Waals surface area contributed by atoms with E-state index in [-0.39, 0.29) is 17.9 Å². The molecule has 3 fully saturated rings. The number of piperidine rings is 3. The zero-order valence-electron chi connectivity index (χ0n) is 20.6. The SMILES string of the molecule is COc1cccc(NC(C(=O)O[C@H]2C[N+]3(CC(=O)c4ccccc4)CCC2CC3)c2ccccc2)c1. The number of carbonyl (C=O) groups excluding carboxylic acids is 2. The van der Waals surface area contributed by atoms with Crippen molar-refractivity contribution in [3.63, 3.8) is 0 Å². The van der Waals surface area contributed by atoms with Crippen LogP contribution in [0.25, 0.3) is 0 Å². The molecule has 36 heavy (non-hydrogen) atoms. The third kappa shape index (κ3) is 5.29. The van der Waals surface area contributed by atoms with Crippen LogP contribution in [0.15, 0.2) is 84.9 Å². The molecule has 0 saturated carbocycles.